The van der Waals surface area contributed by atoms with Crippen molar-refractivity contribution in [3.8, 4) is 0 Å². The fourth-order valence-electron chi connectivity index (χ4n) is 2.76. The van der Waals surface area contributed by atoms with Gasteiger partial charge in [0, 0.05) is 18.8 Å². The Morgan fingerprint density at radius 3 is 2.29 bits per heavy atom. The molecule has 2 aromatic rings. The summed E-state index contributed by atoms with van der Waals surface area (Å²) in [5.74, 6) is 0.731. The minimum atomic E-state index is -0.299. The van der Waals surface area contributed by atoms with Crippen LogP contribution in [0.15, 0.2) is 30.6 Å². The van der Waals surface area contributed by atoms with Crippen LogP contribution in [-0.2, 0) is 0 Å². The van der Waals surface area contributed by atoms with Crippen LogP contribution in [0.2, 0.25) is 0 Å². The molecule has 24 heavy (non-hydrogen) atoms. The van der Waals surface area contributed by atoms with Crippen molar-refractivity contribution in [1.29, 1.82) is 0 Å². The van der Waals surface area contributed by atoms with Crippen LogP contribution >= 0.6 is 0 Å². The number of carbonyl (C=O) groups is 1. The Balaban J connectivity index is 1.58. The van der Waals surface area contributed by atoms with Gasteiger partial charge in [0.1, 0.15) is 0 Å². The molecule has 0 unspecified atom stereocenters. The number of carbonyl (C=O) groups excluding carboxylic acids is 1. The summed E-state index contributed by atoms with van der Waals surface area (Å²) < 4.78 is 0. The van der Waals surface area contributed by atoms with E-state index in [-0.39, 0.29) is 6.03 Å². The smallest absolute Gasteiger partial charge is 0.323 e. The number of piperidine rings is 1. The molecule has 6 nitrogen and oxygen atoms in total. The minimum absolute atomic E-state index is 0.299. The van der Waals surface area contributed by atoms with Crippen molar-refractivity contribution in [2.45, 2.75) is 33.1 Å². The first kappa shape index (κ1) is 16.2. The maximum atomic E-state index is 12.1. The standard InChI is InChI=1S/C18H23N5O/c1-13-6-7-15(10-14(13)2)21-18(24)22-16-11-19-17(20-12-16)23-8-4-3-5-9-23/h6-7,10-12H,3-5,8-9H2,1-2H3,(H2,21,22,24). The average molecular weight is 325 g/mol. The molecule has 1 aromatic carbocycles. The van der Waals surface area contributed by atoms with E-state index in [1.165, 1.54) is 24.8 Å². The highest BCUT2D eigenvalue weighted by atomic mass is 16.2. The maximum absolute atomic E-state index is 12.1. The molecule has 2 amide bonds. The van der Waals surface area contributed by atoms with E-state index in [2.05, 4.69) is 25.5 Å². The highest BCUT2D eigenvalue weighted by Crippen LogP contribution is 2.17. The van der Waals surface area contributed by atoms with Gasteiger partial charge < -0.3 is 15.5 Å². The highest BCUT2D eigenvalue weighted by Gasteiger charge is 2.13. The van der Waals surface area contributed by atoms with Crippen molar-refractivity contribution < 1.29 is 4.79 Å². The lowest BCUT2D eigenvalue weighted by Crippen LogP contribution is -2.31. The molecule has 2 N–H and O–H groups in total. The van der Waals surface area contributed by atoms with Crippen molar-refractivity contribution in [3.05, 3.63) is 41.7 Å². The fraction of sp³-hybridized carbons (Fsp3) is 0.389. The van der Waals surface area contributed by atoms with E-state index in [0.29, 0.717) is 5.69 Å². The summed E-state index contributed by atoms with van der Waals surface area (Å²) in [5.41, 5.74) is 3.68. The van der Waals surface area contributed by atoms with Crippen LogP contribution in [-0.4, -0.2) is 29.1 Å². The molecule has 1 aromatic heterocycles. The van der Waals surface area contributed by atoms with E-state index in [1.54, 1.807) is 12.4 Å². The van der Waals surface area contributed by atoms with E-state index in [9.17, 15) is 4.79 Å². The molecule has 0 aliphatic carbocycles. The molecule has 3 rings (SSSR count). The molecule has 1 aliphatic rings. The molecule has 1 fully saturated rings. The van der Waals surface area contributed by atoms with Crippen LogP contribution in [0.4, 0.5) is 22.1 Å². The van der Waals surface area contributed by atoms with Crippen LogP contribution in [0, 0.1) is 13.8 Å². The van der Waals surface area contributed by atoms with Crippen LogP contribution in [0.3, 0.4) is 0 Å². The van der Waals surface area contributed by atoms with Gasteiger partial charge in [0.05, 0.1) is 18.1 Å². The van der Waals surface area contributed by atoms with Crippen molar-refractivity contribution in [2.75, 3.05) is 28.6 Å². The Morgan fingerprint density at radius 1 is 0.958 bits per heavy atom. The summed E-state index contributed by atoms with van der Waals surface area (Å²) >= 11 is 0. The summed E-state index contributed by atoms with van der Waals surface area (Å²) in [7, 11) is 0. The second kappa shape index (κ2) is 7.29. The molecule has 0 bridgehead atoms. The number of amides is 2. The monoisotopic (exact) mass is 325 g/mol. The van der Waals surface area contributed by atoms with Gasteiger partial charge in [-0.3, -0.25) is 0 Å². The molecular weight excluding hydrogens is 302 g/mol. The number of benzene rings is 1. The summed E-state index contributed by atoms with van der Waals surface area (Å²) in [6, 6.07) is 5.53. The Morgan fingerprint density at radius 2 is 1.62 bits per heavy atom. The van der Waals surface area contributed by atoms with Gasteiger partial charge in [0.2, 0.25) is 5.95 Å². The highest BCUT2D eigenvalue weighted by molar-refractivity contribution is 5.99. The zero-order valence-electron chi connectivity index (χ0n) is 14.2. The van der Waals surface area contributed by atoms with Gasteiger partial charge in [0.15, 0.2) is 0 Å². The van der Waals surface area contributed by atoms with Crippen LogP contribution in [0.25, 0.3) is 0 Å². The topological polar surface area (TPSA) is 70.2 Å². The third kappa shape index (κ3) is 4.01. The van der Waals surface area contributed by atoms with Gasteiger partial charge in [-0.05, 0) is 56.4 Å². The SMILES string of the molecule is Cc1ccc(NC(=O)Nc2cnc(N3CCCCC3)nc2)cc1C. The van der Waals surface area contributed by atoms with Crippen molar-refractivity contribution in [2.24, 2.45) is 0 Å². The van der Waals surface area contributed by atoms with Gasteiger partial charge in [-0.25, -0.2) is 14.8 Å². The number of hydrogen-bond donors (Lipinski definition) is 2. The maximum Gasteiger partial charge on any atom is 0.323 e. The molecule has 2 heterocycles. The summed E-state index contributed by atoms with van der Waals surface area (Å²) in [6.45, 7) is 6.06. The number of aryl methyl sites for hydroxylation is 2. The molecule has 0 radical (unpaired) electrons. The molecular formula is C18H23N5O. The molecule has 0 saturated carbocycles. The Labute approximate surface area is 142 Å². The Bertz CT molecular complexity index is 708. The first-order chi connectivity index (χ1) is 11.6. The molecule has 126 valence electrons. The van der Waals surface area contributed by atoms with Crippen molar-refractivity contribution in [3.63, 3.8) is 0 Å². The zero-order valence-corrected chi connectivity index (χ0v) is 14.2. The first-order valence-corrected chi connectivity index (χ1v) is 8.34. The average Bonchev–Trinajstić information content (AvgIpc) is 2.59. The van der Waals surface area contributed by atoms with E-state index >= 15 is 0 Å². The number of urea groups is 1. The lowest BCUT2D eigenvalue weighted by molar-refractivity contribution is 0.262. The zero-order chi connectivity index (χ0) is 16.9. The third-order valence-electron chi connectivity index (χ3n) is 4.30. The third-order valence-corrected chi connectivity index (χ3v) is 4.30. The van der Waals surface area contributed by atoms with E-state index in [1.807, 2.05) is 32.0 Å². The number of nitrogens with zero attached hydrogens (tertiary/aromatic N) is 3. The van der Waals surface area contributed by atoms with E-state index in [0.717, 1.165) is 30.3 Å². The molecule has 0 atom stereocenters. The number of aromatic nitrogens is 2. The largest absolute Gasteiger partial charge is 0.341 e. The van der Waals surface area contributed by atoms with Crippen molar-refractivity contribution in [1.82, 2.24) is 9.97 Å². The normalized spacial score (nSPS) is 14.3. The van der Waals surface area contributed by atoms with Gasteiger partial charge in [0.25, 0.3) is 0 Å². The second-order valence-corrected chi connectivity index (χ2v) is 6.20. The van der Waals surface area contributed by atoms with Gasteiger partial charge in [-0.1, -0.05) is 6.07 Å². The molecule has 6 heteroatoms. The summed E-state index contributed by atoms with van der Waals surface area (Å²) in [5, 5.41) is 5.58. The Hall–Kier alpha value is -2.63. The van der Waals surface area contributed by atoms with Crippen LogP contribution < -0.4 is 15.5 Å². The van der Waals surface area contributed by atoms with E-state index < -0.39 is 0 Å². The summed E-state index contributed by atoms with van der Waals surface area (Å²) in [4.78, 5) is 23.0. The predicted molar refractivity (Wildman–Crippen MR) is 96.7 cm³/mol. The lowest BCUT2D eigenvalue weighted by Gasteiger charge is -2.26. The summed E-state index contributed by atoms with van der Waals surface area (Å²) in [6.07, 6.45) is 6.94. The fourth-order valence-corrected chi connectivity index (χ4v) is 2.76. The van der Waals surface area contributed by atoms with Crippen LogP contribution in [0.5, 0.6) is 0 Å². The second-order valence-electron chi connectivity index (χ2n) is 6.20. The number of nitrogens with one attached hydrogen (secondary N) is 2. The minimum Gasteiger partial charge on any atom is -0.341 e. The van der Waals surface area contributed by atoms with Crippen molar-refractivity contribution >= 4 is 23.4 Å². The van der Waals surface area contributed by atoms with Gasteiger partial charge >= 0.3 is 6.03 Å². The number of rotatable bonds is 3. The van der Waals surface area contributed by atoms with Gasteiger partial charge in [-0.2, -0.15) is 0 Å². The quantitative estimate of drug-likeness (QED) is 0.902. The predicted octanol–water partition coefficient (Wildman–Crippen LogP) is 3.73. The Kier molecular flexibility index (Phi) is 4.93. The van der Waals surface area contributed by atoms with Gasteiger partial charge in [-0.15, -0.1) is 0 Å². The molecule has 1 saturated heterocycles. The first-order valence-electron chi connectivity index (χ1n) is 8.34. The van der Waals surface area contributed by atoms with E-state index in [4.69, 9.17) is 0 Å². The molecule has 1 aliphatic heterocycles. The number of hydrogen-bond acceptors (Lipinski definition) is 4. The lowest BCUT2D eigenvalue weighted by atomic mass is 10.1. The number of anilines is 3. The van der Waals surface area contributed by atoms with Crippen LogP contribution in [0.1, 0.15) is 30.4 Å². The molecule has 0 spiro atoms.